The van der Waals surface area contributed by atoms with E-state index in [0.29, 0.717) is 23.5 Å². The molecular weight excluding hydrogens is 192 g/mol. The van der Waals surface area contributed by atoms with E-state index in [1.54, 1.807) is 0 Å². The number of nitrogens with one attached hydrogen (secondary N) is 2. The zero-order chi connectivity index (χ0) is 10.7. The lowest BCUT2D eigenvalue weighted by Crippen LogP contribution is -2.14. The van der Waals surface area contributed by atoms with E-state index >= 15 is 0 Å². The Hall–Kier alpha value is -1.69. The van der Waals surface area contributed by atoms with E-state index in [0.717, 1.165) is 18.8 Å². The first-order chi connectivity index (χ1) is 7.31. The number of fused-ring (bicyclic) bond motifs is 1. The molecule has 0 fully saturated rings. The molecule has 0 atom stereocenters. The maximum atomic E-state index is 5.68. The van der Waals surface area contributed by atoms with E-state index in [-0.39, 0.29) is 0 Å². The second kappa shape index (κ2) is 4.22. The fraction of sp³-hybridized carbons (Fsp3) is 0.444. The summed E-state index contributed by atoms with van der Waals surface area (Å²) >= 11 is 0. The minimum Gasteiger partial charge on any atom is -0.382 e. The van der Waals surface area contributed by atoms with E-state index in [4.69, 9.17) is 5.73 Å². The van der Waals surface area contributed by atoms with Crippen molar-refractivity contribution in [3.05, 3.63) is 12.2 Å². The number of aromatic amines is 1. The number of nitrogens with zero attached hydrogens (tertiary/aromatic N) is 3. The van der Waals surface area contributed by atoms with Crippen molar-refractivity contribution < 1.29 is 0 Å². The number of H-pyrrole nitrogens is 1. The monoisotopic (exact) mass is 206 g/mol. The van der Waals surface area contributed by atoms with Crippen LogP contribution in [0.25, 0.3) is 11.2 Å². The molecule has 0 aliphatic rings. The van der Waals surface area contributed by atoms with Gasteiger partial charge in [-0.25, -0.2) is 15.0 Å². The molecule has 2 aromatic heterocycles. The Morgan fingerprint density at radius 1 is 1.47 bits per heavy atom. The van der Waals surface area contributed by atoms with Gasteiger partial charge in [-0.3, -0.25) is 0 Å². The molecule has 80 valence electrons. The Balaban J connectivity index is 2.20. The SMILES string of the molecule is CCCNCc1nc2ncnc(N)c2[nH]1. The molecule has 0 aromatic carbocycles. The lowest BCUT2D eigenvalue weighted by molar-refractivity contribution is 0.656. The predicted molar refractivity (Wildman–Crippen MR) is 58.1 cm³/mol. The summed E-state index contributed by atoms with van der Waals surface area (Å²) in [5, 5.41) is 3.25. The average Bonchev–Trinajstić information content (AvgIpc) is 2.63. The topological polar surface area (TPSA) is 92.5 Å². The molecule has 2 aromatic rings. The summed E-state index contributed by atoms with van der Waals surface area (Å²) in [4.78, 5) is 15.3. The fourth-order valence-electron chi connectivity index (χ4n) is 1.36. The van der Waals surface area contributed by atoms with Gasteiger partial charge < -0.3 is 16.0 Å². The van der Waals surface area contributed by atoms with Gasteiger partial charge in [0.1, 0.15) is 17.7 Å². The largest absolute Gasteiger partial charge is 0.382 e. The van der Waals surface area contributed by atoms with Crippen LogP contribution in [0.2, 0.25) is 0 Å². The first kappa shape index (κ1) is 9.85. The maximum absolute atomic E-state index is 5.68. The lowest BCUT2D eigenvalue weighted by Gasteiger charge is -1.97. The molecule has 6 heteroatoms. The molecule has 6 nitrogen and oxygen atoms in total. The predicted octanol–water partition coefficient (Wildman–Crippen LogP) is 0.435. The molecule has 0 saturated carbocycles. The van der Waals surface area contributed by atoms with E-state index in [1.165, 1.54) is 6.33 Å². The molecule has 2 heterocycles. The van der Waals surface area contributed by atoms with Crippen LogP contribution in [0, 0.1) is 0 Å². The van der Waals surface area contributed by atoms with Crippen LogP contribution < -0.4 is 11.1 Å². The normalized spacial score (nSPS) is 11.0. The van der Waals surface area contributed by atoms with Crippen LogP contribution in [0.5, 0.6) is 0 Å². The highest BCUT2D eigenvalue weighted by Gasteiger charge is 2.06. The highest BCUT2D eigenvalue weighted by molar-refractivity contribution is 5.80. The van der Waals surface area contributed by atoms with Crippen LogP contribution >= 0.6 is 0 Å². The van der Waals surface area contributed by atoms with Crippen LogP contribution in [0.15, 0.2) is 6.33 Å². The Kier molecular flexibility index (Phi) is 2.77. The first-order valence-corrected chi connectivity index (χ1v) is 4.97. The van der Waals surface area contributed by atoms with Crippen molar-refractivity contribution >= 4 is 17.0 Å². The van der Waals surface area contributed by atoms with E-state index in [9.17, 15) is 0 Å². The zero-order valence-electron chi connectivity index (χ0n) is 8.62. The van der Waals surface area contributed by atoms with Crippen molar-refractivity contribution in [2.75, 3.05) is 12.3 Å². The Morgan fingerprint density at radius 3 is 3.07 bits per heavy atom. The second-order valence-electron chi connectivity index (χ2n) is 3.32. The Morgan fingerprint density at radius 2 is 2.33 bits per heavy atom. The van der Waals surface area contributed by atoms with Gasteiger partial charge in [0.25, 0.3) is 0 Å². The highest BCUT2D eigenvalue weighted by Crippen LogP contribution is 2.12. The van der Waals surface area contributed by atoms with Crippen LogP contribution in [-0.2, 0) is 6.54 Å². The number of anilines is 1. The summed E-state index contributed by atoms with van der Waals surface area (Å²) < 4.78 is 0. The molecule has 0 spiro atoms. The van der Waals surface area contributed by atoms with Crippen molar-refractivity contribution in [2.45, 2.75) is 19.9 Å². The quantitative estimate of drug-likeness (QED) is 0.631. The molecule has 0 amide bonds. The van der Waals surface area contributed by atoms with E-state index < -0.39 is 0 Å². The summed E-state index contributed by atoms with van der Waals surface area (Å²) in [6.45, 7) is 3.79. The van der Waals surface area contributed by atoms with Gasteiger partial charge in [-0.1, -0.05) is 6.92 Å². The molecule has 0 saturated heterocycles. The van der Waals surface area contributed by atoms with Crippen LogP contribution in [0.3, 0.4) is 0 Å². The molecule has 4 N–H and O–H groups in total. The van der Waals surface area contributed by atoms with Gasteiger partial charge in [0.05, 0.1) is 6.54 Å². The van der Waals surface area contributed by atoms with Crippen LogP contribution in [0.4, 0.5) is 5.82 Å². The summed E-state index contributed by atoms with van der Waals surface area (Å²) in [7, 11) is 0. The summed E-state index contributed by atoms with van der Waals surface area (Å²) in [5.74, 6) is 1.28. The standard InChI is InChI=1S/C9H14N6/c1-2-3-11-4-6-14-7-8(10)12-5-13-9(7)15-6/h5,11H,2-4H2,1H3,(H3,10,12,13,14,15). The minimum atomic E-state index is 0.439. The summed E-state index contributed by atoms with van der Waals surface area (Å²) in [5.41, 5.74) is 7.02. The number of nitrogen functional groups attached to an aromatic ring is 1. The number of nitrogens with two attached hydrogens (primary N) is 1. The van der Waals surface area contributed by atoms with Gasteiger partial charge in [-0.15, -0.1) is 0 Å². The maximum Gasteiger partial charge on any atom is 0.183 e. The Bertz CT molecular complexity index is 449. The first-order valence-electron chi connectivity index (χ1n) is 4.97. The number of hydrogen-bond donors (Lipinski definition) is 3. The van der Waals surface area contributed by atoms with Gasteiger partial charge in [0.15, 0.2) is 11.5 Å². The fourth-order valence-corrected chi connectivity index (χ4v) is 1.36. The third kappa shape index (κ3) is 2.04. The Labute approximate surface area is 87.3 Å². The molecule has 15 heavy (non-hydrogen) atoms. The van der Waals surface area contributed by atoms with Crippen LogP contribution in [0.1, 0.15) is 19.2 Å². The van der Waals surface area contributed by atoms with Crippen molar-refractivity contribution in [1.29, 1.82) is 0 Å². The minimum absolute atomic E-state index is 0.439. The van der Waals surface area contributed by atoms with Crippen molar-refractivity contribution in [3.63, 3.8) is 0 Å². The van der Waals surface area contributed by atoms with Gasteiger partial charge >= 0.3 is 0 Å². The third-order valence-electron chi connectivity index (χ3n) is 2.09. The number of hydrogen-bond acceptors (Lipinski definition) is 5. The second-order valence-corrected chi connectivity index (χ2v) is 3.32. The molecule has 0 unspecified atom stereocenters. The van der Waals surface area contributed by atoms with Gasteiger partial charge in [0.2, 0.25) is 0 Å². The molecule has 0 aliphatic heterocycles. The highest BCUT2D eigenvalue weighted by atomic mass is 15.1. The third-order valence-corrected chi connectivity index (χ3v) is 2.09. The molecule has 2 rings (SSSR count). The van der Waals surface area contributed by atoms with Gasteiger partial charge in [-0.2, -0.15) is 0 Å². The smallest absolute Gasteiger partial charge is 0.183 e. The number of rotatable bonds is 4. The van der Waals surface area contributed by atoms with Crippen LogP contribution in [-0.4, -0.2) is 26.5 Å². The lowest BCUT2D eigenvalue weighted by atomic mass is 10.4. The zero-order valence-corrected chi connectivity index (χ0v) is 8.62. The van der Waals surface area contributed by atoms with Crippen molar-refractivity contribution in [1.82, 2.24) is 25.3 Å². The molecule has 0 radical (unpaired) electrons. The number of imidazole rings is 1. The molecule has 0 aliphatic carbocycles. The summed E-state index contributed by atoms with van der Waals surface area (Å²) in [6, 6.07) is 0. The summed E-state index contributed by atoms with van der Waals surface area (Å²) in [6.07, 6.45) is 2.52. The van der Waals surface area contributed by atoms with Crippen molar-refractivity contribution in [3.8, 4) is 0 Å². The van der Waals surface area contributed by atoms with Gasteiger partial charge in [0, 0.05) is 0 Å². The average molecular weight is 206 g/mol. The number of aromatic nitrogens is 4. The molecular formula is C9H14N6. The van der Waals surface area contributed by atoms with E-state index in [2.05, 4.69) is 32.2 Å². The van der Waals surface area contributed by atoms with E-state index in [1.807, 2.05) is 0 Å². The van der Waals surface area contributed by atoms with Crippen molar-refractivity contribution in [2.24, 2.45) is 0 Å². The molecule has 0 bridgehead atoms. The van der Waals surface area contributed by atoms with Gasteiger partial charge in [-0.05, 0) is 13.0 Å².